The summed E-state index contributed by atoms with van der Waals surface area (Å²) in [5.74, 6) is 0.933. The molecule has 5 nitrogen and oxygen atoms in total. The van der Waals surface area contributed by atoms with Crippen molar-refractivity contribution in [3.63, 3.8) is 0 Å². The fourth-order valence-electron chi connectivity index (χ4n) is 2.45. The largest absolute Gasteiger partial charge is 0.377 e. The molecule has 19 heavy (non-hydrogen) atoms. The number of nitrogens with one attached hydrogen (secondary N) is 1. The Morgan fingerprint density at radius 1 is 1.37 bits per heavy atom. The van der Waals surface area contributed by atoms with Crippen LogP contribution in [0.2, 0.25) is 0 Å². The van der Waals surface area contributed by atoms with E-state index in [4.69, 9.17) is 9.72 Å². The number of aromatic nitrogens is 2. The van der Waals surface area contributed by atoms with Crippen LogP contribution in [-0.4, -0.2) is 49.4 Å². The lowest BCUT2D eigenvalue weighted by molar-refractivity contribution is 0.0939. The molecule has 2 heterocycles. The van der Waals surface area contributed by atoms with Gasteiger partial charge >= 0.3 is 0 Å². The number of likely N-dealkylation sites (N-methyl/N-ethyl adjacent to an activating group) is 1. The molecule has 1 aromatic carbocycles. The number of nitrogens with zero attached hydrogens (tertiary/aromatic N) is 3. The summed E-state index contributed by atoms with van der Waals surface area (Å²) in [6.07, 6.45) is 1.86. The van der Waals surface area contributed by atoms with Gasteiger partial charge in [0.15, 0.2) is 0 Å². The summed E-state index contributed by atoms with van der Waals surface area (Å²) in [5, 5.41) is 3.20. The molecule has 0 aliphatic carbocycles. The quantitative estimate of drug-likeness (QED) is 0.892. The van der Waals surface area contributed by atoms with Crippen molar-refractivity contribution in [1.82, 2.24) is 15.3 Å². The van der Waals surface area contributed by atoms with Crippen molar-refractivity contribution < 1.29 is 4.74 Å². The highest BCUT2D eigenvalue weighted by Gasteiger charge is 2.23. The monoisotopic (exact) mass is 258 g/mol. The second-order valence-electron chi connectivity index (χ2n) is 4.70. The minimum Gasteiger partial charge on any atom is -0.377 e. The average molecular weight is 258 g/mol. The molecule has 1 unspecified atom stereocenters. The average Bonchev–Trinajstić information content (AvgIpc) is 2.48. The molecule has 1 aliphatic rings. The first-order valence-corrected chi connectivity index (χ1v) is 6.59. The Bertz CT molecular complexity index is 558. The molecule has 1 fully saturated rings. The van der Waals surface area contributed by atoms with Crippen LogP contribution >= 0.6 is 0 Å². The van der Waals surface area contributed by atoms with E-state index in [1.807, 2.05) is 37.5 Å². The zero-order chi connectivity index (χ0) is 13.1. The molecule has 0 bridgehead atoms. The zero-order valence-electron chi connectivity index (χ0n) is 11.0. The maximum atomic E-state index is 5.54. The summed E-state index contributed by atoms with van der Waals surface area (Å²) in [7, 11) is 1.96. The number of hydrogen-bond donors (Lipinski definition) is 1. The van der Waals surface area contributed by atoms with E-state index in [-0.39, 0.29) is 0 Å². The van der Waals surface area contributed by atoms with Crippen LogP contribution in [0.4, 0.5) is 5.82 Å². The Labute approximate surface area is 112 Å². The number of hydrogen-bond acceptors (Lipinski definition) is 5. The molecule has 1 N–H and O–H groups in total. The Hall–Kier alpha value is -1.72. The molecule has 0 radical (unpaired) electrons. The molecular weight excluding hydrogens is 240 g/mol. The van der Waals surface area contributed by atoms with Crippen molar-refractivity contribution in [3.05, 3.63) is 30.5 Å². The number of ether oxygens (including phenoxy) is 1. The van der Waals surface area contributed by atoms with Crippen molar-refractivity contribution in [1.29, 1.82) is 0 Å². The van der Waals surface area contributed by atoms with Gasteiger partial charge in [-0.25, -0.2) is 4.98 Å². The number of anilines is 1. The number of benzene rings is 1. The fraction of sp³-hybridized carbons (Fsp3) is 0.429. The summed E-state index contributed by atoms with van der Waals surface area (Å²) >= 11 is 0. The van der Waals surface area contributed by atoms with Crippen molar-refractivity contribution in [2.75, 3.05) is 38.3 Å². The molecule has 1 saturated heterocycles. The number of rotatable bonds is 3. The minimum atomic E-state index is 0.314. The molecule has 2 aromatic rings. The SMILES string of the molecule is CNCC1COCCN1c1cnc2ccccc2n1. The minimum absolute atomic E-state index is 0.314. The highest BCUT2D eigenvalue weighted by molar-refractivity contribution is 5.75. The smallest absolute Gasteiger partial charge is 0.148 e. The Morgan fingerprint density at radius 2 is 2.21 bits per heavy atom. The molecule has 3 rings (SSSR count). The number of fused-ring (bicyclic) bond motifs is 1. The molecule has 1 aromatic heterocycles. The van der Waals surface area contributed by atoms with Crippen LogP contribution in [0.3, 0.4) is 0 Å². The van der Waals surface area contributed by atoms with Gasteiger partial charge in [0.25, 0.3) is 0 Å². The number of para-hydroxylation sites is 2. The summed E-state index contributed by atoms with van der Waals surface area (Å²) in [6.45, 7) is 3.22. The van der Waals surface area contributed by atoms with Crippen LogP contribution < -0.4 is 10.2 Å². The summed E-state index contributed by atoms with van der Waals surface area (Å²) in [6, 6.07) is 8.27. The van der Waals surface area contributed by atoms with Crippen LogP contribution in [0, 0.1) is 0 Å². The first-order chi connectivity index (χ1) is 9.38. The van der Waals surface area contributed by atoms with E-state index in [1.54, 1.807) is 0 Å². The third-order valence-electron chi connectivity index (χ3n) is 3.40. The van der Waals surface area contributed by atoms with E-state index in [0.717, 1.165) is 43.2 Å². The molecule has 0 amide bonds. The summed E-state index contributed by atoms with van der Waals surface area (Å²) in [4.78, 5) is 11.5. The van der Waals surface area contributed by atoms with Crippen LogP contribution in [0.5, 0.6) is 0 Å². The third kappa shape index (κ3) is 2.52. The normalized spacial score (nSPS) is 19.8. The van der Waals surface area contributed by atoms with E-state index in [9.17, 15) is 0 Å². The lowest BCUT2D eigenvalue weighted by atomic mass is 10.2. The van der Waals surface area contributed by atoms with Gasteiger partial charge < -0.3 is 15.0 Å². The first-order valence-electron chi connectivity index (χ1n) is 6.59. The van der Waals surface area contributed by atoms with Gasteiger partial charge in [0.1, 0.15) is 5.82 Å². The Balaban J connectivity index is 1.92. The van der Waals surface area contributed by atoms with Crippen LogP contribution in [0.15, 0.2) is 30.5 Å². The van der Waals surface area contributed by atoms with Crippen molar-refractivity contribution in [3.8, 4) is 0 Å². The maximum absolute atomic E-state index is 5.54. The van der Waals surface area contributed by atoms with Crippen LogP contribution in [0.1, 0.15) is 0 Å². The van der Waals surface area contributed by atoms with Gasteiger partial charge in [-0.1, -0.05) is 12.1 Å². The lowest BCUT2D eigenvalue weighted by Crippen LogP contribution is -2.50. The van der Waals surface area contributed by atoms with E-state index >= 15 is 0 Å². The Morgan fingerprint density at radius 3 is 3.05 bits per heavy atom. The molecule has 5 heteroatoms. The number of morpholine rings is 1. The van der Waals surface area contributed by atoms with Gasteiger partial charge in [-0.3, -0.25) is 4.98 Å². The van der Waals surface area contributed by atoms with Gasteiger partial charge in [-0.2, -0.15) is 0 Å². The molecule has 1 atom stereocenters. The van der Waals surface area contributed by atoms with Gasteiger partial charge in [-0.05, 0) is 19.2 Å². The van der Waals surface area contributed by atoms with E-state index in [2.05, 4.69) is 15.2 Å². The van der Waals surface area contributed by atoms with Gasteiger partial charge in [0.05, 0.1) is 36.5 Å². The van der Waals surface area contributed by atoms with E-state index in [1.165, 1.54) is 0 Å². The molecule has 1 aliphatic heterocycles. The van der Waals surface area contributed by atoms with Crippen molar-refractivity contribution >= 4 is 16.9 Å². The molecular formula is C14H18N4O. The van der Waals surface area contributed by atoms with Crippen molar-refractivity contribution in [2.24, 2.45) is 0 Å². The van der Waals surface area contributed by atoms with Gasteiger partial charge in [-0.15, -0.1) is 0 Å². The van der Waals surface area contributed by atoms with Gasteiger partial charge in [0, 0.05) is 13.1 Å². The Kier molecular flexibility index (Phi) is 3.57. The van der Waals surface area contributed by atoms with Crippen LogP contribution in [0.25, 0.3) is 11.0 Å². The van der Waals surface area contributed by atoms with Gasteiger partial charge in [0.2, 0.25) is 0 Å². The lowest BCUT2D eigenvalue weighted by Gasteiger charge is -2.36. The zero-order valence-corrected chi connectivity index (χ0v) is 11.0. The second-order valence-corrected chi connectivity index (χ2v) is 4.70. The molecule has 0 saturated carbocycles. The second kappa shape index (κ2) is 5.50. The third-order valence-corrected chi connectivity index (χ3v) is 3.40. The standard InChI is InChI=1S/C14H18N4O/c1-15-8-11-10-19-7-6-18(11)14-9-16-12-4-2-3-5-13(12)17-14/h2-5,9,11,15H,6-8,10H2,1H3. The highest BCUT2D eigenvalue weighted by atomic mass is 16.5. The van der Waals surface area contributed by atoms with E-state index < -0.39 is 0 Å². The topological polar surface area (TPSA) is 50.3 Å². The van der Waals surface area contributed by atoms with E-state index in [0.29, 0.717) is 6.04 Å². The van der Waals surface area contributed by atoms with Crippen LogP contribution in [-0.2, 0) is 4.74 Å². The fourth-order valence-corrected chi connectivity index (χ4v) is 2.45. The summed E-state index contributed by atoms with van der Waals surface area (Å²) < 4.78 is 5.54. The predicted molar refractivity (Wildman–Crippen MR) is 75.4 cm³/mol. The van der Waals surface area contributed by atoms with Crippen molar-refractivity contribution in [2.45, 2.75) is 6.04 Å². The molecule has 0 spiro atoms. The molecule has 100 valence electrons. The summed E-state index contributed by atoms with van der Waals surface area (Å²) in [5.41, 5.74) is 1.87. The predicted octanol–water partition coefficient (Wildman–Crippen LogP) is 1.05. The maximum Gasteiger partial charge on any atom is 0.148 e. The highest BCUT2D eigenvalue weighted by Crippen LogP contribution is 2.19. The first kappa shape index (κ1) is 12.3.